The summed E-state index contributed by atoms with van der Waals surface area (Å²) in [5.74, 6) is 0.110. The van der Waals surface area contributed by atoms with Gasteiger partial charge in [-0.1, -0.05) is 19.8 Å². The fourth-order valence-corrected chi connectivity index (χ4v) is 3.32. The molecule has 120 valence electrons. The highest BCUT2D eigenvalue weighted by atomic mass is 16.5. The van der Waals surface area contributed by atoms with Crippen LogP contribution in [0.3, 0.4) is 0 Å². The van der Waals surface area contributed by atoms with E-state index in [9.17, 15) is 9.59 Å². The molecule has 0 aromatic rings. The molecule has 2 saturated heterocycles. The van der Waals surface area contributed by atoms with E-state index in [0.717, 1.165) is 25.8 Å². The molecule has 3 unspecified atom stereocenters. The number of carbonyl (C=O) groups excluding carboxylic acids is 2. The third kappa shape index (κ3) is 4.19. The highest BCUT2D eigenvalue weighted by Gasteiger charge is 2.38. The van der Waals surface area contributed by atoms with Crippen LogP contribution in [0.5, 0.6) is 0 Å². The minimum absolute atomic E-state index is 0.0791. The number of likely N-dealkylation sites (tertiary alicyclic amines) is 1. The van der Waals surface area contributed by atoms with Crippen molar-refractivity contribution in [1.82, 2.24) is 9.80 Å². The summed E-state index contributed by atoms with van der Waals surface area (Å²) in [4.78, 5) is 28.4. The number of hydrogen-bond acceptors (Lipinski definition) is 3. The number of amides is 2. The topological polar surface area (TPSA) is 49.9 Å². The number of carbonyl (C=O) groups is 2. The van der Waals surface area contributed by atoms with Crippen molar-refractivity contribution in [2.75, 3.05) is 26.2 Å². The number of ether oxygens (including phenoxy) is 1. The van der Waals surface area contributed by atoms with Crippen LogP contribution in [-0.2, 0) is 14.3 Å². The van der Waals surface area contributed by atoms with Gasteiger partial charge in [0.15, 0.2) is 0 Å². The van der Waals surface area contributed by atoms with Crippen molar-refractivity contribution in [2.45, 2.75) is 58.7 Å². The standard InChI is InChI=1S/C16H28N2O3/c1-4-5-6-7-17-11-14(8-15(17)19)16(20)18-9-12(2)21-13(3)10-18/h12-14H,4-11H2,1-3H3. The van der Waals surface area contributed by atoms with Crippen LogP contribution in [0, 0.1) is 5.92 Å². The Labute approximate surface area is 127 Å². The van der Waals surface area contributed by atoms with Crippen LogP contribution in [-0.4, -0.2) is 60.0 Å². The summed E-state index contributed by atoms with van der Waals surface area (Å²) >= 11 is 0. The van der Waals surface area contributed by atoms with Gasteiger partial charge in [0.2, 0.25) is 11.8 Å². The zero-order valence-electron chi connectivity index (χ0n) is 13.5. The zero-order chi connectivity index (χ0) is 15.4. The maximum absolute atomic E-state index is 12.6. The number of nitrogens with zero attached hydrogens (tertiary/aromatic N) is 2. The average molecular weight is 296 g/mol. The van der Waals surface area contributed by atoms with E-state index in [-0.39, 0.29) is 29.9 Å². The molecule has 0 spiro atoms. The van der Waals surface area contributed by atoms with Crippen LogP contribution in [0.1, 0.15) is 46.5 Å². The van der Waals surface area contributed by atoms with E-state index < -0.39 is 0 Å². The van der Waals surface area contributed by atoms with Crippen molar-refractivity contribution in [3.8, 4) is 0 Å². The zero-order valence-corrected chi connectivity index (χ0v) is 13.5. The third-order valence-corrected chi connectivity index (χ3v) is 4.33. The van der Waals surface area contributed by atoms with Crippen LogP contribution >= 0.6 is 0 Å². The monoisotopic (exact) mass is 296 g/mol. The van der Waals surface area contributed by atoms with E-state index >= 15 is 0 Å². The van der Waals surface area contributed by atoms with Gasteiger partial charge in [-0.05, 0) is 20.3 Å². The molecule has 2 fully saturated rings. The highest BCUT2D eigenvalue weighted by Crippen LogP contribution is 2.22. The first-order valence-electron chi connectivity index (χ1n) is 8.23. The molecule has 5 nitrogen and oxygen atoms in total. The predicted octanol–water partition coefficient (Wildman–Crippen LogP) is 1.66. The normalized spacial score (nSPS) is 30.0. The van der Waals surface area contributed by atoms with E-state index in [1.807, 2.05) is 23.6 Å². The van der Waals surface area contributed by atoms with Crippen LogP contribution in [0.4, 0.5) is 0 Å². The van der Waals surface area contributed by atoms with Crippen LogP contribution < -0.4 is 0 Å². The largest absolute Gasteiger partial charge is 0.372 e. The van der Waals surface area contributed by atoms with Gasteiger partial charge in [0.1, 0.15) is 0 Å². The summed E-state index contributed by atoms with van der Waals surface area (Å²) in [6.07, 6.45) is 3.86. The fraction of sp³-hybridized carbons (Fsp3) is 0.875. The minimum atomic E-state index is -0.156. The first-order valence-corrected chi connectivity index (χ1v) is 8.23. The second-order valence-corrected chi connectivity index (χ2v) is 6.45. The summed E-state index contributed by atoms with van der Waals surface area (Å²) in [5.41, 5.74) is 0. The van der Waals surface area contributed by atoms with Crippen molar-refractivity contribution < 1.29 is 14.3 Å². The molecule has 2 aliphatic heterocycles. The molecule has 0 aliphatic carbocycles. The van der Waals surface area contributed by atoms with Crippen LogP contribution in [0.25, 0.3) is 0 Å². The van der Waals surface area contributed by atoms with Gasteiger partial charge in [-0.25, -0.2) is 0 Å². The van der Waals surface area contributed by atoms with Crippen molar-refractivity contribution >= 4 is 11.8 Å². The molecule has 21 heavy (non-hydrogen) atoms. The van der Waals surface area contributed by atoms with Gasteiger partial charge in [-0.3, -0.25) is 9.59 Å². The van der Waals surface area contributed by atoms with Gasteiger partial charge in [0.05, 0.1) is 18.1 Å². The molecule has 2 amide bonds. The number of unbranched alkanes of at least 4 members (excludes halogenated alkanes) is 2. The molecule has 3 atom stereocenters. The summed E-state index contributed by atoms with van der Waals surface area (Å²) in [5, 5.41) is 0. The van der Waals surface area contributed by atoms with Gasteiger partial charge in [-0.15, -0.1) is 0 Å². The molecule has 5 heteroatoms. The Morgan fingerprint density at radius 3 is 2.48 bits per heavy atom. The first kappa shape index (κ1) is 16.3. The summed E-state index contributed by atoms with van der Waals surface area (Å²) < 4.78 is 5.67. The van der Waals surface area contributed by atoms with Gasteiger partial charge < -0.3 is 14.5 Å². The van der Waals surface area contributed by atoms with Crippen molar-refractivity contribution in [1.29, 1.82) is 0 Å². The molecular formula is C16H28N2O3. The Kier molecular flexibility index (Phi) is 5.62. The van der Waals surface area contributed by atoms with Crippen molar-refractivity contribution in [3.05, 3.63) is 0 Å². The molecule has 2 rings (SSSR count). The van der Waals surface area contributed by atoms with Gasteiger partial charge in [-0.2, -0.15) is 0 Å². The molecule has 2 heterocycles. The number of hydrogen-bond donors (Lipinski definition) is 0. The van der Waals surface area contributed by atoms with Crippen LogP contribution in [0.2, 0.25) is 0 Å². The number of rotatable bonds is 5. The van der Waals surface area contributed by atoms with Gasteiger partial charge in [0.25, 0.3) is 0 Å². The molecular weight excluding hydrogens is 268 g/mol. The fourth-order valence-electron chi connectivity index (χ4n) is 3.32. The lowest BCUT2D eigenvalue weighted by Crippen LogP contribution is -2.50. The van der Waals surface area contributed by atoms with Crippen molar-refractivity contribution in [3.63, 3.8) is 0 Å². The molecule has 0 aromatic carbocycles. The average Bonchev–Trinajstić information content (AvgIpc) is 2.79. The van der Waals surface area contributed by atoms with E-state index in [2.05, 4.69) is 6.92 Å². The van der Waals surface area contributed by atoms with E-state index in [0.29, 0.717) is 26.1 Å². The lowest BCUT2D eigenvalue weighted by molar-refractivity contribution is -0.147. The van der Waals surface area contributed by atoms with E-state index in [1.54, 1.807) is 0 Å². The third-order valence-electron chi connectivity index (χ3n) is 4.33. The summed E-state index contributed by atoms with van der Waals surface area (Å²) in [6.45, 7) is 8.82. The summed E-state index contributed by atoms with van der Waals surface area (Å²) in [6, 6.07) is 0. The Bertz CT molecular complexity index is 376. The first-order chi connectivity index (χ1) is 10.0. The Morgan fingerprint density at radius 1 is 1.19 bits per heavy atom. The molecule has 2 aliphatic rings. The van der Waals surface area contributed by atoms with Crippen molar-refractivity contribution in [2.24, 2.45) is 5.92 Å². The maximum Gasteiger partial charge on any atom is 0.228 e. The molecule has 0 N–H and O–H groups in total. The molecule has 0 bridgehead atoms. The molecule has 0 radical (unpaired) electrons. The lowest BCUT2D eigenvalue weighted by Gasteiger charge is -2.36. The predicted molar refractivity (Wildman–Crippen MR) is 80.8 cm³/mol. The number of morpholine rings is 1. The molecule has 0 aromatic heterocycles. The Morgan fingerprint density at radius 2 is 1.86 bits per heavy atom. The molecule has 0 saturated carbocycles. The van der Waals surface area contributed by atoms with Gasteiger partial charge in [0, 0.05) is 32.6 Å². The Balaban J connectivity index is 1.87. The lowest BCUT2D eigenvalue weighted by atomic mass is 10.1. The van der Waals surface area contributed by atoms with Gasteiger partial charge >= 0.3 is 0 Å². The van der Waals surface area contributed by atoms with E-state index in [1.165, 1.54) is 0 Å². The minimum Gasteiger partial charge on any atom is -0.372 e. The second-order valence-electron chi connectivity index (χ2n) is 6.45. The smallest absolute Gasteiger partial charge is 0.228 e. The van der Waals surface area contributed by atoms with E-state index in [4.69, 9.17) is 4.74 Å². The Hall–Kier alpha value is -1.10. The SMILES string of the molecule is CCCCCN1CC(C(=O)N2CC(C)OC(C)C2)CC1=O. The second kappa shape index (κ2) is 7.25. The highest BCUT2D eigenvalue weighted by molar-refractivity contribution is 5.89. The quantitative estimate of drug-likeness (QED) is 0.725. The maximum atomic E-state index is 12.6. The van der Waals surface area contributed by atoms with Crippen LogP contribution in [0.15, 0.2) is 0 Å². The summed E-state index contributed by atoms with van der Waals surface area (Å²) in [7, 11) is 0.